The summed E-state index contributed by atoms with van der Waals surface area (Å²) in [7, 11) is 1.43. The van der Waals surface area contributed by atoms with Crippen LogP contribution in [0.25, 0.3) is 0 Å². The standard InChI is InChI=1S/C48H88NO9P/c1-6-8-9-10-11-12-13-14-15-16-17-20-24-27-30-33-36-40-48(52)58-46(44-57-59(53,54)56-42-41-49(3,4)5)43-55-47(51)39-35-32-29-26-23-21-18-19-22-25-28-31-34-38-45(50)37-7-2/h18,21-22,25-26,29,31,34,45-46,50H,6-17,19-20,23-24,27-28,30,32-33,35-44H2,1-5H3/p+1/b21-18-,25-22-,29-26-,34-31-/t45?,46-/m1/s1. The topological polar surface area (TPSA) is 129 Å². The number of hydrogen-bond acceptors (Lipinski definition) is 8. The van der Waals surface area contributed by atoms with Crippen LogP contribution in [0.1, 0.15) is 187 Å². The molecule has 0 fully saturated rings. The van der Waals surface area contributed by atoms with Gasteiger partial charge in [-0.05, 0) is 51.4 Å². The van der Waals surface area contributed by atoms with Crippen LogP contribution in [0.2, 0.25) is 0 Å². The average molecular weight is 855 g/mol. The zero-order valence-corrected chi connectivity index (χ0v) is 39.2. The van der Waals surface area contributed by atoms with Crippen LogP contribution in [0, 0.1) is 0 Å². The van der Waals surface area contributed by atoms with Gasteiger partial charge >= 0.3 is 19.8 Å². The lowest BCUT2D eigenvalue weighted by atomic mass is 10.0. The van der Waals surface area contributed by atoms with Crippen molar-refractivity contribution in [1.29, 1.82) is 0 Å². The van der Waals surface area contributed by atoms with E-state index in [2.05, 4.69) is 50.3 Å². The maximum atomic E-state index is 12.7. The van der Waals surface area contributed by atoms with Gasteiger partial charge in [0.1, 0.15) is 19.8 Å². The highest BCUT2D eigenvalue weighted by molar-refractivity contribution is 7.47. The highest BCUT2D eigenvalue weighted by atomic mass is 31.2. The summed E-state index contributed by atoms with van der Waals surface area (Å²) in [5.41, 5.74) is 0. The number of carbonyl (C=O) groups is 2. The number of phosphoric acid groups is 1. The maximum Gasteiger partial charge on any atom is 0.472 e. The summed E-state index contributed by atoms with van der Waals surface area (Å²) in [6, 6.07) is 0. The van der Waals surface area contributed by atoms with E-state index in [1.807, 2.05) is 33.3 Å². The molecule has 0 aliphatic heterocycles. The molecule has 3 atom stereocenters. The fourth-order valence-electron chi connectivity index (χ4n) is 6.26. The van der Waals surface area contributed by atoms with E-state index in [1.165, 1.54) is 83.5 Å². The maximum absolute atomic E-state index is 12.7. The Hall–Kier alpha value is -2.07. The molecule has 0 aromatic carbocycles. The Morgan fingerprint density at radius 2 is 1.07 bits per heavy atom. The van der Waals surface area contributed by atoms with Crippen LogP contribution in [0.15, 0.2) is 48.6 Å². The summed E-state index contributed by atoms with van der Waals surface area (Å²) in [5, 5.41) is 9.74. The van der Waals surface area contributed by atoms with Gasteiger partial charge in [-0.1, -0.05) is 172 Å². The Bertz CT molecular complexity index is 1160. The summed E-state index contributed by atoms with van der Waals surface area (Å²) in [4.78, 5) is 35.4. The van der Waals surface area contributed by atoms with Crippen LogP contribution < -0.4 is 0 Å². The molecule has 0 amide bonds. The van der Waals surface area contributed by atoms with Crippen molar-refractivity contribution in [2.75, 3.05) is 47.5 Å². The predicted octanol–water partition coefficient (Wildman–Crippen LogP) is 12.4. The van der Waals surface area contributed by atoms with E-state index in [1.54, 1.807) is 0 Å². The van der Waals surface area contributed by atoms with Gasteiger partial charge in [0.2, 0.25) is 0 Å². The van der Waals surface area contributed by atoms with Gasteiger partial charge in [-0.15, -0.1) is 0 Å². The lowest BCUT2D eigenvalue weighted by molar-refractivity contribution is -0.870. The van der Waals surface area contributed by atoms with Crippen molar-refractivity contribution < 1.29 is 47.2 Å². The third-order valence-electron chi connectivity index (χ3n) is 9.92. The number of esters is 2. The van der Waals surface area contributed by atoms with E-state index in [9.17, 15) is 24.2 Å². The summed E-state index contributed by atoms with van der Waals surface area (Å²) in [6.07, 6.45) is 43.7. The van der Waals surface area contributed by atoms with Gasteiger partial charge in [0, 0.05) is 12.8 Å². The second kappa shape index (κ2) is 40.0. The zero-order valence-electron chi connectivity index (χ0n) is 38.3. The van der Waals surface area contributed by atoms with Gasteiger partial charge in [-0.3, -0.25) is 18.6 Å². The SMILES string of the molecule is CCCCCCCCCCCCCCCCCCCC(=O)O[C@H](COC(=O)CCC/C=C\C/C=C\C/C=C\C/C=C\CC(O)CCC)COP(=O)(O)OCC[N+](C)(C)C. The summed E-state index contributed by atoms with van der Waals surface area (Å²) in [5.74, 6) is -0.881. The van der Waals surface area contributed by atoms with Crippen molar-refractivity contribution in [3.8, 4) is 0 Å². The molecule has 2 N–H and O–H groups in total. The fraction of sp³-hybridized carbons (Fsp3) is 0.792. The molecule has 0 radical (unpaired) electrons. The minimum absolute atomic E-state index is 0.0169. The highest BCUT2D eigenvalue weighted by Gasteiger charge is 2.27. The molecule has 0 heterocycles. The largest absolute Gasteiger partial charge is 0.472 e. The van der Waals surface area contributed by atoms with Crippen LogP contribution >= 0.6 is 7.82 Å². The first kappa shape index (κ1) is 56.9. The molecule has 10 nitrogen and oxygen atoms in total. The molecular weight excluding hydrogens is 766 g/mol. The van der Waals surface area contributed by atoms with E-state index in [0.29, 0.717) is 30.3 Å². The van der Waals surface area contributed by atoms with Gasteiger partial charge in [0.15, 0.2) is 6.10 Å². The monoisotopic (exact) mass is 855 g/mol. The molecule has 0 saturated heterocycles. The molecule has 0 aromatic rings. The van der Waals surface area contributed by atoms with Crippen LogP contribution in [-0.4, -0.2) is 86.1 Å². The quantitative estimate of drug-likeness (QED) is 0.0203. The van der Waals surface area contributed by atoms with E-state index in [-0.39, 0.29) is 32.2 Å². The Labute approximate surface area is 361 Å². The van der Waals surface area contributed by atoms with Crippen molar-refractivity contribution in [2.45, 2.75) is 199 Å². The summed E-state index contributed by atoms with van der Waals surface area (Å²) in [6.45, 7) is 4.16. The fourth-order valence-corrected chi connectivity index (χ4v) is 7.00. The predicted molar refractivity (Wildman–Crippen MR) is 244 cm³/mol. The van der Waals surface area contributed by atoms with E-state index >= 15 is 0 Å². The first-order chi connectivity index (χ1) is 28.4. The second-order valence-corrected chi connectivity index (χ2v) is 18.4. The molecule has 0 aromatic heterocycles. The van der Waals surface area contributed by atoms with Gasteiger partial charge in [0.05, 0.1) is 33.9 Å². The first-order valence-electron chi connectivity index (χ1n) is 23.4. The number of carbonyl (C=O) groups excluding carboxylic acids is 2. The lowest BCUT2D eigenvalue weighted by Gasteiger charge is -2.24. The number of ether oxygens (including phenoxy) is 2. The van der Waals surface area contributed by atoms with Crippen molar-refractivity contribution in [1.82, 2.24) is 0 Å². The zero-order chi connectivity index (χ0) is 43.7. The van der Waals surface area contributed by atoms with Crippen molar-refractivity contribution in [3.63, 3.8) is 0 Å². The number of hydrogen-bond donors (Lipinski definition) is 2. The number of aliphatic hydroxyl groups is 1. The van der Waals surface area contributed by atoms with Crippen LogP contribution in [-0.2, 0) is 32.7 Å². The molecule has 0 bridgehead atoms. The second-order valence-electron chi connectivity index (χ2n) is 17.0. The molecule has 59 heavy (non-hydrogen) atoms. The molecular formula is C48H89NO9P+. The number of aliphatic hydroxyl groups excluding tert-OH is 1. The molecule has 11 heteroatoms. The molecule has 0 spiro atoms. The molecule has 2 unspecified atom stereocenters. The highest BCUT2D eigenvalue weighted by Crippen LogP contribution is 2.43. The van der Waals surface area contributed by atoms with Crippen molar-refractivity contribution in [2.24, 2.45) is 0 Å². The lowest BCUT2D eigenvalue weighted by Crippen LogP contribution is -2.37. The van der Waals surface area contributed by atoms with Gasteiger partial charge < -0.3 is 24.0 Å². The molecule has 344 valence electrons. The van der Waals surface area contributed by atoms with E-state index in [0.717, 1.165) is 57.8 Å². The number of quaternary nitrogens is 1. The number of allylic oxidation sites excluding steroid dienone is 7. The number of phosphoric ester groups is 1. The number of rotatable bonds is 42. The Kier molecular flexibility index (Phi) is 38.6. The van der Waals surface area contributed by atoms with Crippen molar-refractivity contribution in [3.05, 3.63) is 48.6 Å². The van der Waals surface area contributed by atoms with E-state index in [4.69, 9.17) is 18.5 Å². The number of nitrogens with zero attached hydrogens (tertiary/aromatic N) is 1. The van der Waals surface area contributed by atoms with Crippen LogP contribution in [0.3, 0.4) is 0 Å². The number of unbranched alkanes of at least 4 members (excludes halogenated alkanes) is 17. The van der Waals surface area contributed by atoms with Crippen molar-refractivity contribution >= 4 is 19.8 Å². The molecule has 0 rings (SSSR count). The average Bonchev–Trinajstić information content (AvgIpc) is 3.18. The Morgan fingerprint density at radius 3 is 1.58 bits per heavy atom. The normalized spacial score (nSPS) is 14.5. The number of likely N-dealkylation sites (N-methyl/N-ethyl adjacent to an activating group) is 1. The van der Waals surface area contributed by atoms with Gasteiger partial charge in [-0.2, -0.15) is 0 Å². The summed E-state index contributed by atoms with van der Waals surface area (Å²) >= 11 is 0. The smallest absolute Gasteiger partial charge is 0.462 e. The molecule has 0 aliphatic rings. The third kappa shape index (κ3) is 43.8. The third-order valence-corrected chi connectivity index (χ3v) is 10.9. The van der Waals surface area contributed by atoms with E-state index < -0.39 is 32.5 Å². The molecule has 0 saturated carbocycles. The van der Waals surface area contributed by atoms with Crippen LogP contribution in [0.5, 0.6) is 0 Å². The van der Waals surface area contributed by atoms with Gasteiger partial charge in [0.25, 0.3) is 0 Å². The molecule has 0 aliphatic carbocycles. The van der Waals surface area contributed by atoms with Gasteiger partial charge in [-0.25, -0.2) is 4.57 Å². The Balaban J connectivity index is 4.41. The minimum atomic E-state index is -4.40. The first-order valence-corrected chi connectivity index (χ1v) is 24.9. The Morgan fingerprint density at radius 1 is 0.593 bits per heavy atom. The van der Waals surface area contributed by atoms with Crippen LogP contribution in [0.4, 0.5) is 0 Å². The summed E-state index contributed by atoms with van der Waals surface area (Å²) < 4.78 is 34.3. The minimum Gasteiger partial charge on any atom is -0.462 e.